The van der Waals surface area contributed by atoms with Gasteiger partial charge < -0.3 is 15.3 Å². The van der Waals surface area contributed by atoms with Gasteiger partial charge in [0.1, 0.15) is 11.4 Å². The Kier molecular flexibility index (Phi) is 3.90. The van der Waals surface area contributed by atoms with Crippen molar-refractivity contribution in [2.24, 2.45) is 23.7 Å². The molecule has 0 amide bonds. The topological polar surface area (TPSA) is 84.5 Å². The van der Waals surface area contributed by atoms with E-state index in [-0.39, 0.29) is 24.2 Å². The van der Waals surface area contributed by atoms with Crippen LogP contribution in [0.2, 0.25) is 0 Å². The van der Waals surface area contributed by atoms with E-state index in [0.29, 0.717) is 24.0 Å². The third-order valence-corrected chi connectivity index (χ3v) is 7.13. The minimum atomic E-state index is -1.29. The molecule has 1 aromatic rings. The first-order chi connectivity index (χ1) is 12.0. The van der Waals surface area contributed by atoms with E-state index in [1.807, 2.05) is 18.2 Å². The van der Waals surface area contributed by atoms with E-state index in [1.165, 1.54) is 11.1 Å². The Morgan fingerprint density at radius 3 is 2.84 bits per heavy atom. The minimum Gasteiger partial charge on any atom is -0.508 e. The summed E-state index contributed by atoms with van der Waals surface area (Å²) in [6, 6.07) is 7.73. The minimum absolute atomic E-state index is 0.0129. The van der Waals surface area contributed by atoms with Crippen LogP contribution < -0.4 is 0 Å². The largest absolute Gasteiger partial charge is 0.508 e. The van der Waals surface area contributed by atoms with Crippen LogP contribution in [-0.4, -0.2) is 27.0 Å². The lowest BCUT2D eigenvalue weighted by Gasteiger charge is -2.49. The summed E-state index contributed by atoms with van der Waals surface area (Å²) in [5.41, 5.74) is 1.20. The first-order valence-corrected chi connectivity index (χ1v) is 9.21. The van der Waals surface area contributed by atoms with Crippen molar-refractivity contribution in [2.75, 3.05) is 0 Å². The van der Waals surface area contributed by atoms with Gasteiger partial charge in [-0.1, -0.05) is 12.1 Å². The molecule has 4 nitrogen and oxygen atoms in total. The van der Waals surface area contributed by atoms with Crippen LogP contribution in [0.3, 0.4) is 0 Å². The van der Waals surface area contributed by atoms with Crippen LogP contribution in [-0.2, 0) is 6.42 Å². The first-order valence-electron chi connectivity index (χ1n) is 9.21. The molecule has 132 valence electrons. The maximum absolute atomic E-state index is 11.1. The van der Waals surface area contributed by atoms with Crippen molar-refractivity contribution < 1.29 is 15.3 Å². The smallest absolute Gasteiger partial charge is 0.115 e. The number of hydrogen-bond donors (Lipinski definition) is 3. The zero-order valence-electron chi connectivity index (χ0n) is 14.3. The number of aliphatic hydroxyl groups is 2. The molecule has 0 saturated heterocycles. The van der Waals surface area contributed by atoms with Crippen molar-refractivity contribution in [1.82, 2.24) is 0 Å². The first kappa shape index (κ1) is 16.6. The Morgan fingerprint density at radius 2 is 2.12 bits per heavy atom. The van der Waals surface area contributed by atoms with Crippen molar-refractivity contribution in [1.29, 1.82) is 5.26 Å². The van der Waals surface area contributed by atoms with Crippen LogP contribution in [0.4, 0.5) is 0 Å². The Balaban J connectivity index is 1.75. The van der Waals surface area contributed by atoms with Gasteiger partial charge in [0.15, 0.2) is 0 Å². The van der Waals surface area contributed by atoms with Crippen LogP contribution in [0.15, 0.2) is 30.9 Å². The molecule has 2 saturated carbocycles. The maximum atomic E-state index is 11.1. The highest BCUT2D eigenvalue weighted by atomic mass is 16.3. The average Bonchev–Trinajstić information content (AvgIpc) is 2.85. The average molecular weight is 339 g/mol. The zero-order chi connectivity index (χ0) is 17.8. The van der Waals surface area contributed by atoms with Gasteiger partial charge in [-0.05, 0) is 78.5 Å². The van der Waals surface area contributed by atoms with Gasteiger partial charge in [-0.3, -0.25) is 0 Å². The van der Waals surface area contributed by atoms with Gasteiger partial charge in [0.05, 0.1) is 18.6 Å². The lowest BCUT2D eigenvalue weighted by Crippen LogP contribution is -2.48. The third-order valence-electron chi connectivity index (χ3n) is 7.13. The molecule has 0 spiro atoms. The Labute approximate surface area is 148 Å². The van der Waals surface area contributed by atoms with Gasteiger partial charge in [-0.2, -0.15) is 5.26 Å². The summed E-state index contributed by atoms with van der Waals surface area (Å²) < 4.78 is 0. The molecule has 7 unspecified atom stereocenters. The van der Waals surface area contributed by atoms with E-state index in [0.717, 1.165) is 19.3 Å². The summed E-state index contributed by atoms with van der Waals surface area (Å²) >= 11 is 0. The molecular weight excluding hydrogens is 314 g/mol. The number of fused-ring (bicyclic) bond motifs is 5. The fourth-order valence-electron chi connectivity index (χ4n) is 6.05. The molecule has 7 atom stereocenters. The molecule has 1 aromatic carbocycles. The number of aryl methyl sites for hydroxylation is 1. The Morgan fingerprint density at radius 1 is 1.32 bits per heavy atom. The zero-order valence-corrected chi connectivity index (χ0v) is 14.3. The molecule has 0 aliphatic heterocycles. The Hall–Kier alpha value is -1.83. The molecular formula is C21H25NO3. The number of hydrogen-bond acceptors (Lipinski definition) is 4. The highest BCUT2D eigenvalue weighted by Crippen LogP contribution is 2.60. The second-order valence-corrected chi connectivity index (χ2v) is 8.09. The summed E-state index contributed by atoms with van der Waals surface area (Å²) in [6.45, 7) is 4.03. The summed E-state index contributed by atoms with van der Waals surface area (Å²) in [5.74, 6) is 1.40. The summed E-state index contributed by atoms with van der Waals surface area (Å²) in [7, 11) is 0. The van der Waals surface area contributed by atoms with Crippen LogP contribution in [0.5, 0.6) is 5.75 Å². The number of aliphatic hydroxyl groups excluding tert-OH is 1. The van der Waals surface area contributed by atoms with Gasteiger partial charge in [-0.25, -0.2) is 0 Å². The standard InChI is InChI=1S/C21H25NO3/c1-2-12-10-18-17(11-19(24)21(18,25)7-8-22)16-5-3-13-9-14(23)4-6-15(13)20(12)16/h2,4,6,9,12,16-20,23-25H,1,3,5,7,10-11H2. The van der Waals surface area contributed by atoms with E-state index in [9.17, 15) is 15.3 Å². The SMILES string of the molecule is C=CC1CC2C(CC(O)C2(O)CC#N)C2CCc3cc(O)ccc3C12. The number of benzene rings is 1. The number of nitriles is 1. The molecule has 0 aromatic heterocycles. The quantitative estimate of drug-likeness (QED) is 0.723. The molecule has 4 rings (SSSR count). The lowest BCUT2D eigenvalue weighted by atomic mass is 9.55. The van der Waals surface area contributed by atoms with Crippen LogP contribution in [0.25, 0.3) is 0 Å². The summed E-state index contributed by atoms with van der Waals surface area (Å²) in [4.78, 5) is 0. The molecule has 25 heavy (non-hydrogen) atoms. The Bertz CT molecular complexity index is 739. The number of nitrogens with zero attached hydrogens (tertiary/aromatic N) is 1. The maximum Gasteiger partial charge on any atom is 0.115 e. The van der Waals surface area contributed by atoms with Gasteiger partial charge in [0.2, 0.25) is 0 Å². The van der Waals surface area contributed by atoms with E-state index in [2.05, 4.69) is 12.6 Å². The fraction of sp³-hybridized carbons (Fsp3) is 0.571. The molecule has 3 N–H and O–H groups in total. The van der Waals surface area contributed by atoms with Crippen molar-refractivity contribution >= 4 is 0 Å². The van der Waals surface area contributed by atoms with Crippen LogP contribution >= 0.6 is 0 Å². The molecule has 4 heteroatoms. The highest BCUT2D eigenvalue weighted by molar-refractivity contribution is 5.41. The number of rotatable bonds is 2. The summed E-state index contributed by atoms with van der Waals surface area (Å²) in [6.07, 6.45) is 4.36. The normalized spacial score (nSPS) is 42.0. The molecule has 3 aliphatic carbocycles. The summed E-state index contributed by atoms with van der Waals surface area (Å²) in [5, 5.41) is 40.5. The van der Waals surface area contributed by atoms with Crippen molar-refractivity contribution in [3.63, 3.8) is 0 Å². The van der Waals surface area contributed by atoms with Gasteiger partial charge in [0, 0.05) is 0 Å². The van der Waals surface area contributed by atoms with Crippen LogP contribution in [0, 0.1) is 35.0 Å². The van der Waals surface area contributed by atoms with Crippen LogP contribution in [0.1, 0.15) is 42.7 Å². The fourth-order valence-corrected chi connectivity index (χ4v) is 6.05. The van der Waals surface area contributed by atoms with Gasteiger partial charge in [0.25, 0.3) is 0 Å². The number of allylic oxidation sites excluding steroid dienone is 1. The van der Waals surface area contributed by atoms with Gasteiger partial charge in [-0.15, -0.1) is 6.58 Å². The second-order valence-electron chi connectivity index (χ2n) is 8.09. The van der Waals surface area contributed by atoms with E-state index >= 15 is 0 Å². The predicted octanol–water partition coefficient (Wildman–Crippen LogP) is 2.89. The third kappa shape index (κ3) is 2.33. The number of phenolic OH excluding ortho intramolecular Hbond substituents is 1. The monoisotopic (exact) mass is 339 g/mol. The van der Waals surface area contributed by atoms with E-state index < -0.39 is 11.7 Å². The number of aromatic hydroxyl groups is 1. The lowest BCUT2D eigenvalue weighted by molar-refractivity contribution is -0.0936. The molecule has 0 heterocycles. The molecule has 2 fully saturated rings. The van der Waals surface area contributed by atoms with Crippen molar-refractivity contribution in [2.45, 2.75) is 49.7 Å². The highest BCUT2D eigenvalue weighted by Gasteiger charge is 2.60. The van der Waals surface area contributed by atoms with E-state index in [4.69, 9.17) is 5.26 Å². The van der Waals surface area contributed by atoms with Crippen molar-refractivity contribution in [3.8, 4) is 11.8 Å². The predicted molar refractivity (Wildman–Crippen MR) is 93.7 cm³/mol. The number of phenols is 1. The second kappa shape index (κ2) is 5.86. The molecule has 3 aliphatic rings. The van der Waals surface area contributed by atoms with Gasteiger partial charge >= 0.3 is 0 Å². The van der Waals surface area contributed by atoms with Crippen molar-refractivity contribution in [3.05, 3.63) is 42.0 Å². The molecule has 0 bridgehead atoms. The molecule has 0 radical (unpaired) electrons. The van der Waals surface area contributed by atoms with E-state index in [1.54, 1.807) is 6.07 Å².